The highest BCUT2D eigenvalue weighted by atomic mass is 16.5. The smallest absolute Gasteiger partial charge is 0.254 e. The number of carbonyl (C=O) groups is 1. The molecule has 1 N–H and O–H groups in total. The van der Waals surface area contributed by atoms with E-state index in [-0.39, 0.29) is 5.91 Å². The average molecular weight is 388 g/mol. The Bertz CT molecular complexity index is 664. The van der Waals surface area contributed by atoms with Crippen LogP contribution in [-0.2, 0) is 4.79 Å². The van der Waals surface area contributed by atoms with E-state index in [4.69, 9.17) is 4.74 Å². The Balaban J connectivity index is 1.32. The number of nitrogens with zero attached hydrogens (tertiary/aromatic N) is 3. The third-order valence-corrected chi connectivity index (χ3v) is 6.78. The van der Waals surface area contributed by atoms with Gasteiger partial charge >= 0.3 is 0 Å². The molecule has 1 aromatic carbocycles. The largest absolute Gasteiger partial charge is 0.497 e. The molecular weight excluding hydrogens is 354 g/mol. The number of benzene rings is 1. The summed E-state index contributed by atoms with van der Waals surface area (Å²) in [5.41, 5.74) is 0.152. The molecule has 4 rings (SSSR count). The van der Waals surface area contributed by atoms with Gasteiger partial charge in [-0.05, 0) is 62.8 Å². The fraction of sp³-hybridized carbons (Fsp3) is 0.682. The summed E-state index contributed by atoms with van der Waals surface area (Å²) in [6.07, 6.45) is 5.37. The number of aliphatic hydroxyl groups is 1. The first-order chi connectivity index (χ1) is 13.6. The van der Waals surface area contributed by atoms with Gasteiger partial charge in [0, 0.05) is 51.0 Å². The minimum Gasteiger partial charge on any atom is -0.497 e. The van der Waals surface area contributed by atoms with E-state index in [2.05, 4.69) is 21.9 Å². The monoisotopic (exact) mass is 387 g/mol. The maximum absolute atomic E-state index is 12.9. The van der Waals surface area contributed by atoms with E-state index < -0.39 is 5.60 Å². The Labute approximate surface area is 168 Å². The Morgan fingerprint density at radius 1 is 1.04 bits per heavy atom. The first-order valence-electron chi connectivity index (χ1n) is 10.7. The number of hydrogen-bond donors (Lipinski definition) is 1. The minimum absolute atomic E-state index is 0.0217. The van der Waals surface area contributed by atoms with Crippen LogP contribution in [-0.4, -0.2) is 78.8 Å². The van der Waals surface area contributed by atoms with Crippen LogP contribution < -0.4 is 9.64 Å². The summed E-state index contributed by atoms with van der Waals surface area (Å²) in [6, 6.07) is 8.69. The van der Waals surface area contributed by atoms with Gasteiger partial charge in [0.25, 0.3) is 5.91 Å². The topological polar surface area (TPSA) is 56.2 Å². The zero-order chi connectivity index (χ0) is 19.6. The van der Waals surface area contributed by atoms with E-state index in [1.807, 2.05) is 17.0 Å². The van der Waals surface area contributed by atoms with Crippen molar-refractivity contribution in [2.24, 2.45) is 0 Å². The normalized spacial score (nSPS) is 25.7. The number of rotatable bonds is 4. The summed E-state index contributed by atoms with van der Waals surface area (Å²) in [5.74, 6) is 0.866. The van der Waals surface area contributed by atoms with Gasteiger partial charge in [-0.25, -0.2) is 0 Å². The lowest BCUT2D eigenvalue weighted by Crippen LogP contribution is -2.58. The molecule has 6 nitrogen and oxygen atoms in total. The second kappa shape index (κ2) is 8.29. The number of amides is 1. The SMILES string of the molecule is COc1ccc(N2CCN(C3CCCN(C(=O)C4(O)CCCC4)C3)CC2)cc1. The van der Waals surface area contributed by atoms with Crippen molar-refractivity contribution >= 4 is 11.6 Å². The number of piperazine rings is 1. The summed E-state index contributed by atoms with van der Waals surface area (Å²) in [7, 11) is 1.69. The zero-order valence-electron chi connectivity index (χ0n) is 17.0. The van der Waals surface area contributed by atoms with Crippen LogP contribution in [0.15, 0.2) is 24.3 Å². The molecular formula is C22H33N3O3. The van der Waals surface area contributed by atoms with Gasteiger partial charge in [0.1, 0.15) is 11.4 Å². The molecule has 0 bridgehead atoms. The van der Waals surface area contributed by atoms with Crippen molar-refractivity contribution in [3.63, 3.8) is 0 Å². The number of methoxy groups -OCH3 is 1. The quantitative estimate of drug-likeness (QED) is 0.858. The molecule has 2 saturated heterocycles. The lowest BCUT2D eigenvalue weighted by molar-refractivity contribution is -0.153. The van der Waals surface area contributed by atoms with E-state index in [1.54, 1.807) is 7.11 Å². The van der Waals surface area contributed by atoms with E-state index in [9.17, 15) is 9.90 Å². The molecule has 1 aromatic rings. The lowest BCUT2D eigenvalue weighted by atomic mass is 9.96. The van der Waals surface area contributed by atoms with Gasteiger partial charge in [-0.15, -0.1) is 0 Å². The van der Waals surface area contributed by atoms with E-state index in [0.29, 0.717) is 18.9 Å². The van der Waals surface area contributed by atoms with E-state index in [1.165, 1.54) is 5.69 Å². The molecule has 0 spiro atoms. The maximum Gasteiger partial charge on any atom is 0.254 e. The van der Waals surface area contributed by atoms with Crippen LogP contribution in [0.4, 0.5) is 5.69 Å². The van der Waals surface area contributed by atoms with Crippen LogP contribution in [0.1, 0.15) is 38.5 Å². The van der Waals surface area contributed by atoms with Crippen molar-refractivity contribution in [3.8, 4) is 5.75 Å². The van der Waals surface area contributed by atoms with Crippen molar-refractivity contribution in [1.29, 1.82) is 0 Å². The summed E-state index contributed by atoms with van der Waals surface area (Å²) in [4.78, 5) is 19.8. The van der Waals surface area contributed by atoms with Crippen molar-refractivity contribution < 1.29 is 14.6 Å². The average Bonchev–Trinajstić information content (AvgIpc) is 3.21. The highest BCUT2D eigenvalue weighted by Crippen LogP contribution is 2.32. The maximum atomic E-state index is 12.9. The van der Waals surface area contributed by atoms with Crippen LogP contribution in [0, 0.1) is 0 Å². The van der Waals surface area contributed by atoms with Crippen molar-refractivity contribution in [2.45, 2.75) is 50.2 Å². The van der Waals surface area contributed by atoms with Crippen LogP contribution in [0.2, 0.25) is 0 Å². The predicted molar refractivity (Wildman–Crippen MR) is 110 cm³/mol. The molecule has 0 aromatic heterocycles. The fourth-order valence-electron chi connectivity index (χ4n) is 5.04. The molecule has 1 unspecified atom stereocenters. The van der Waals surface area contributed by atoms with Crippen molar-refractivity contribution in [1.82, 2.24) is 9.80 Å². The van der Waals surface area contributed by atoms with Gasteiger partial charge in [0.2, 0.25) is 0 Å². The molecule has 0 radical (unpaired) electrons. The molecule has 2 heterocycles. The third-order valence-electron chi connectivity index (χ3n) is 6.78. The molecule has 3 aliphatic rings. The molecule has 6 heteroatoms. The van der Waals surface area contributed by atoms with Crippen molar-refractivity contribution in [3.05, 3.63) is 24.3 Å². The summed E-state index contributed by atoms with van der Waals surface area (Å²) in [6.45, 7) is 5.60. The molecule has 3 fully saturated rings. The van der Waals surface area contributed by atoms with E-state index in [0.717, 1.165) is 70.7 Å². The molecule has 154 valence electrons. The van der Waals surface area contributed by atoms with Gasteiger partial charge < -0.3 is 19.6 Å². The third kappa shape index (κ3) is 3.98. The predicted octanol–water partition coefficient (Wildman–Crippen LogP) is 2.11. The first-order valence-corrected chi connectivity index (χ1v) is 10.7. The number of hydrogen-bond acceptors (Lipinski definition) is 5. The summed E-state index contributed by atoms with van der Waals surface area (Å²) < 4.78 is 5.25. The van der Waals surface area contributed by atoms with Crippen LogP contribution in [0.25, 0.3) is 0 Å². The number of likely N-dealkylation sites (tertiary alicyclic amines) is 1. The fourth-order valence-corrected chi connectivity index (χ4v) is 5.04. The molecule has 1 atom stereocenters. The number of anilines is 1. The molecule has 28 heavy (non-hydrogen) atoms. The van der Waals surface area contributed by atoms with Gasteiger partial charge in [-0.3, -0.25) is 9.69 Å². The van der Waals surface area contributed by atoms with Crippen LogP contribution in [0.3, 0.4) is 0 Å². The standard InChI is InChI=1S/C22H33N3O3/c1-28-20-8-6-18(7-9-20)23-13-15-24(16-14-23)19-5-4-12-25(17-19)21(26)22(27)10-2-3-11-22/h6-9,19,27H,2-5,10-17H2,1H3. The van der Waals surface area contributed by atoms with Gasteiger partial charge in [0.05, 0.1) is 7.11 Å². The Morgan fingerprint density at radius 3 is 2.36 bits per heavy atom. The van der Waals surface area contributed by atoms with Crippen LogP contribution >= 0.6 is 0 Å². The molecule has 1 aliphatic carbocycles. The molecule has 1 saturated carbocycles. The first kappa shape index (κ1) is 19.5. The number of ether oxygens (including phenoxy) is 1. The van der Waals surface area contributed by atoms with Crippen molar-refractivity contribution in [2.75, 3.05) is 51.3 Å². The zero-order valence-corrected chi connectivity index (χ0v) is 17.0. The Hall–Kier alpha value is -1.79. The molecule has 1 amide bonds. The highest BCUT2D eigenvalue weighted by Gasteiger charge is 2.43. The van der Waals surface area contributed by atoms with Gasteiger partial charge in [0.15, 0.2) is 0 Å². The Morgan fingerprint density at radius 2 is 1.71 bits per heavy atom. The highest BCUT2D eigenvalue weighted by molar-refractivity contribution is 5.85. The molecule has 2 aliphatic heterocycles. The minimum atomic E-state index is -1.09. The Kier molecular flexibility index (Phi) is 5.78. The second-order valence-electron chi connectivity index (χ2n) is 8.51. The van der Waals surface area contributed by atoms with Crippen LogP contribution in [0.5, 0.6) is 5.75 Å². The summed E-state index contributed by atoms with van der Waals surface area (Å²) >= 11 is 0. The van der Waals surface area contributed by atoms with Gasteiger partial charge in [-0.2, -0.15) is 0 Å². The van der Waals surface area contributed by atoms with E-state index >= 15 is 0 Å². The number of carbonyl (C=O) groups excluding carboxylic acids is 1. The number of piperidine rings is 1. The summed E-state index contributed by atoms with van der Waals surface area (Å²) in [5, 5.41) is 10.7. The lowest BCUT2D eigenvalue weighted by Gasteiger charge is -2.45. The van der Waals surface area contributed by atoms with Gasteiger partial charge in [-0.1, -0.05) is 0 Å². The second-order valence-corrected chi connectivity index (χ2v) is 8.51.